The minimum absolute atomic E-state index is 0.0873. The molecule has 0 unspecified atom stereocenters. The number of hydrogen-bond donors (Lipinski definition) is 1. The van der Waals surface area contributed by atoms with Gasteiger partial charge in [0, 0.05) is 42.5 Å². The third kappa shape index (κ3) is 5.02. The van der Waals surface area contributed by atoms with Gasteiger partial charge in [0.15, 0.2) is 5.78 Å². The van der Waals surface area contributed by atoms with Crippen molar-refractivity contribution < 1.29 is 14.4 Å². The van der Waals surface area contributed by atoms with Crippen LogP contribution in [0.1, 0.15) is 42.3 Å². The minimum Gasteiger partial charge on any atom is -0.329 e. The van der Waals surface area contributed by atoms with Crippen LogP contribution in [0, 0.1) is 19.8 Å². The molecule has 1 N–H and O–H groups in total. The van der Waals surface area contributed by atoms with E-state index in [-0.39, 0.29) is 35.8 Å². The Kier molecular flexibility index (Phi) is 6.71. The summed E-state index contributed by atoms with van der Waals surface area (Å²) < 4.78 is 1.55. The van der Waals surface area contributed by atoms with Gasteiger partial charge in [0.1, 0.15) is 29.9 Å². The van der Waals surface area contributed by atoms with Crippen LogP contribution in [0.25, 0.3) is 22.0 Å². The summed E-state index contributed by atoms with van der Waals surface area (Å²) in [4.78, 5) is 53.5. The molecular formula is C28H29N7O3. The predicted octanol–water partition coefficient (Wildman–Crippen LogP) is 3.58. The summed E-state index contributed by atoms with van der Waals surface area (Å²) in [5, 5.41) is 7.99. The van der Waals surface area contributed by atoms with Crippen LogP contribution in [0.3, 0.4) is 0 Å². The maximum Gasteiger partial charge on any atom is 0.248 e. The van der Waals surface area contributed by atoms with E-state index in [1.165, 1.54) is 6.92 Å². The van der Waals surface area contributed by atoms with Crippen LogP contribution < -0.4 is 5.32 Å². The molecule has 10 nitrogen and oxygen atoms in total. The second-order valence-corrected chi connectivity index (χ2v) is 9.87. The Bertz CT molecular complexity index is 1540. The predicted molar refractivity (Wildman–Crippen MR) is 142 cm³/mol. The summed E-state index contributed by atoms with van der Waals surface area (Å²) in [7, 11) is 0. The second-order valence-electron chi connectivity index (χ2n) is 9.87. The highest BCUT2D eigenvalue weighted by Gasteiger charge is 2.38. The summed E-state index contributed by atoms with van der Waals surface area (Å²) >= 11 is 0. The van der Waals surface area contributed by atoms with Gasteiger partial charge in [0.25, 0.3) is 0 Å². The second kappa shape index (κ2) is 10.1. The molecule has 4 heterocycles. The average molecular weight is 512 g/mol. The molecule has 1 fully saturated rings. The van der Waals surface area contributed by atoms with Crippen molar-refractivity contribution in [2.24, 2.45) is 5.92 Å². The number of benzene rings is 1. The zero-order valence-electron chi connectivity index (χ0n) is 21.8. The van der Waals surface area contributed by atoms with E-state index in [4.69, 9.17) is 0 Å². The van der Waals surface area contributed by atoms with Gasteiger partial charge in [0.2, 0.25) is 11.8 Å². The number of aromatic nitrogens is 5. The number of fused-ring (bicyclic) bond motifs is 1. The summed E-state index contributed by atoms with van der Waals surface area (Å²) in [6.07, 6.45) is 4.03. The lowest BCUT2D eigenvalue weighted by atomic mass is 10.0. The number of ketones is 1. The monoisotopic (exact) mass is 511 g/mol. The van der Waals surface area contributed by atoms with Crippen LogP contribution in [-0.2, 0) is 16.1 Å². The van der Waals surface area contributed by atoms with E-state index in [1.54, 1.807) is 28.0 Å². The van der Waals surface area contributed by atoms with Crippen molar-refractivity contribution in [1.82, 2.24) is 29.6 Å². The number of Topliss-reactive ketones (excluding diaryl/α,β-unsaturated/α-hetero) is 1. The van der Waals surface area contributed by atoms with Crippen LogP contribution in [0.2, 0.25) is 0 Å². The lowest BCUT2D eigenvalue weighted by Crippen LogP contribution is -2.44. The lowest BCUT2D eigenvalue weighted by Gasteiger charge is -2.24. The van der Waals surface area contributed by atoms with Gasteiger partial charge < -0.3 is 10.2 Å². The zero-order valence-corrected chi connectivity index (χ0v) is 21.8. The number of nitrogens with zero attached hydrogens (tertiary/aromatic N) is 6. The summed E-state index contributed by atoms with van der Waals surface area (Å²) in [6, 6.07) is 10.4. The number of nitrogens with one attached hydrogen (secondary N) is 1. The largest absolute Gasteiger partial charge is 0.329 e. The SMILES string of the molecule is CC(=O)c1nn(CC(=O)N2C[C@H](C)C[C@H]2C(=O)Nc2cccc(C)n2)c2ccc(-c3cnc(C)nc3)cc12. The lowest BCUT2D eigenvalue weighted by molar-refractivity contribution is -0.137. The van der Waals surface area contributed by atoms with Crippen molar-refractivity contribution in [1.29, 1.82) is 0 Å². The Balaban J connectivity index is 1.41. The van der Waals surface area contributed by atoms with E-state index in [2.05, 4.69) is 25.4 Å². The Hall–Kier alpha value is -4.47. The number of amides is 2. The van der Waals surface area contributed by atoms with Gasteiger partial charge in [-0.15, -0.1) is 0 Å². The molecule has 1 aromatic carbocycles. The molecule has 5 rings (SSSR count). The first-order valence-corrected chi connectivity index (χ1v) is 12.5. The first-order chi connectivity index (χ1) is 18.2. The van der Waals surface area contributed by atoms with Gasteiger partial charge in [-0.05, 0) is 56.0 Å². The molecule has 38 heavy (non-hydrogen) atoms. The fourth-order valence-electron chi connectivity index (χ4n) is 4.89. The smallest absolute Gasteiger partial charge is 0.248 e. The maximum atomic E-state index is 13.5. The van der Waals surface area contributed by atoms with Gasteiger partial charge in [0.05, 0.1) is 5.52 Å². The third-order valence-electron chi connectivity index (χ3n) is 6.76. The molecule has 2 amide bonds. The molecule has 0 aliphatic carbocycles. The van der Waals surface area contributed by atoms with Crippen LogP contribution in [-0.4, -0.2) is 59.8 Å². The maximum absolute atomic E-state index is 13.5. The van der Waals surface area contributed by atoms with Gasteiger partial charge in [-0.2, -0.15) is 5.10 Å². The highest BCUT2D eigenvalue weighted by molar-refractivity contribution is 6.06. The Morgan fingerprint density at radius 3 is 2.53 bits per heavy atom. The summed E-state index contributed by atoms with van der Waals surface area (Å²) in [6.45, 7) is 7.52. The van der Waals surface area contributed by atoms with E-state index in [0.29, 0.717) is 35.5 Å². The van der Waals surface area contributed by atoms with Crippen LogP contribution in [0.15, 0.2) is 48.8 Å². The minimum atomic E-state index is -0.609. The number of aryl methyl sites for hydroxylation is 2. The summed E-state index contributed by atoms with van der Waals surface area (Å²) in [5.41, 5.74) is 3.41. The Morgan fingerprint density at radius 2 is 1.82 bits per heavy atom. The van der Waals surface area contributed by atoms with Crippen molar-refractivity contribution in [2.45, 2.75) is 46.7 Å². The number of anilines is 1. The third-order valence-corrected chi connectivity index (χ3v) is 6.76. The molecule has 4 aromatic rings. The molecule has 1 aliphatic heterocycles. The number of pyridine rings is 1. The molecule has 2 atom stereocenters. The topological polar surface area (TPSA) is 123 Å². The number of rotatable bonds is 6. The van der Waals surface area contributed by atoms with Gasteiger partial charge >= 0.3 is 0 Å². The van der Waals surface area contributed by atoms with E-state index in [0.717, 1.165) is 16.8 Å². The number of carbonyl (C=O) groups excluding carboxylic acids is 3. The average Bonchev–Trinajstić information content (AvgIpc) is 3.45. The van der Waals surface area contributed by atoms with Crippen LogP contribution >= 0.6 is 0 Å². The number of carbonyl (C=O) groups is 3. The van der Waals surface area contributed by atoms with Crippen molar-refractivity contribution >= 4 is 34.3 Å². The van der Waals surface area contributed by atoms with E-state index in [1.807, 2.05) is 51.1 Å². The summed E-state index contributed by atoms with van der Waals surface area (Å²) in [5.74, 6) is 0.602. The zero-order chi connectivity index (χ0) is 27.0. The molecule has 0 bridgehead atoms. The highest BCUT2D eigenvalue weighted by atomic mass is 16.2. The normalized spacial score (nSPS) is 17.1. The molecule has 3 aromatic heterocycles. The molecule has 10 heteroatoms. The first kappa shape index (κ1) is 25.2. The van der Waals surface area contributed by atoms with Crippen molar-refractivity contribution in [3.63, 3.8) is 0 Å². The fraction of sp³-hybridized carbons (Fsp3) is 0.321. The molecule has 0 saturated carbocycles. The molecular weight excluding hydrogens is 482 g/mol. The van der Waals surface area contributed by atoms with Crippen molar-refractivity contribution in [2.75, 3.05) is 11.9 Å². The van der Waals surface area contributed by atoms with Gasteiger partial charge in [-0.1, -0.05) is 19.1 Å². The molecule has 1 aliphatic rings. The Labute approximate surface area is 220 Å². The standard InChI is InChI=1S/C28H29N7O3/c1-16-10-24(28(38)32-25-7-5-6-17(2)31-25)34(14-16)26(37)15-35-23-9-8-20(21-12-29-19(4)30-13-21)11-22(23)27(33-35)18(3)36/h5-9,11-13,16,24H,10,14-15H2,1-4H3,(H,31,32,38)/t16-,24+/m1/s1. The van der Waals surface area contributed by atoms with Crippen LogP contribution in [0.5, 0.6) is 0 Å². The number of hydrogen-bond acceptors (Lipinski definition) is 7. The van der Waals surface area contributed by atoms with Crippen molar-refractivity contribution in [3.8, 4) is 11.1 Å². The van der Waals surface area contributed by atoms with Crippen molar-refractivity contribution in [3.05, 3.63) is 66.0 Å². The van der Waals surface area contributed by atoms with Gasteiger partial charge in [-0.3, -0.25) is 19.1 Å². The van der Waals surface area contributed by atoms with Gasteiger partial charge in [-0.25, -0.2) is 15.0 Å². The first-order valence-electron chi connectivity index (χ1n) is 12.5. The van der Waals surface area contributed by atoms with E-state index >= 15 is 0 Å². The van der Waals surface area contributed by atoms with E-state index in [9.17, 15) is 14.4 Å². The van der Waals surface area contributed by atoms with E-state index < -0.39 is 6.04 Å². The molecule has 1 saturated heterocycles. The van der Waals surface area contributed by atoms with Crippen LogP contribution in [0.4, 0.5) is 5.82 Å². The molecule has 194 valence electrons. The molecule has 0 radical (unpaired) electrons. The molecule has 0 spiro atoms. The Morgan fingerprint density at radius 1 is 1.05 bits per heavy atom. The highest BCUT2D eigenvalue weighted by Crippen LogP contribution is 2.28. The quantitative estimate of drug-likeness (QED) is 0.393. The number of likely N-dealkylation sites (tertiary alicyclic amines) is 1. The fourth-order valence-corrected chi connectivity index (χ4v) is 4.89.